The molecular weight excluding hydrogens is 164 g/mol. The van der Waals surface area contributed by atoms with Crippen LogP contribution in [0.1, 0.15) is 24.5 Å². The van der Waals surface area contributed by atoms with Gasteiger partial charge >= 0.3 is 0 Å². The van der Waals surface area contributed by atoms with Gasteiger partial charge in [0.25, 0.3) is 0 Å². The van der Waals surface area contributed by atoms with Gasteiger partial charge in [0.1, 0.15) is 0 Å². The Morgan fingerprint density at radius 2 is 2.15 bits per heavy atom. The third kappa shape index (κ3) is 2.05. The van der Waals surface area contributed by atoms with E-state index in [1.54, 1.807) is 12.4 Å². The summed E-state index contributed by atoms with van der Waals surface area (Å²) in [7, 11) is 0. The van der Waals surface area contributed by atoms with Crippen molar-refractivity contribution in [3.8, 4) is 0 Å². The van der Waals surface area contributed by atoms with Crippen LogP contribution in [0.25, 0.3) is 0 Å². The molecule has 0 amide bonds. The van der Waals surface area contributed by atoms with Crippen LogP contribution in [0.2, 0.25) is 0 Å². The van der Waals surface area contributed by atoms with E-state index in [1.165, 1.54) is 5.56 Å². The first kappa shape index (κ1) is 8.66. The zero-order valence-corrected chi connectivity index (χ0v) is 7.52. The van der Waals surface area contributed by atoms with Crippen LogP contribution in [-0.4, -0.2) is 17.6 Å². The van der Waals surface area contributed by atoms with Crippen LogP contribution in [0.3, 0.4) is 0 Å². The average molecular weight is 178 g/mol. The molecule has 1 aromatic heterocycles. The monoisotopic (exact) mass is 178 g/mol. The molecule has 1 aliphatic heterocycles. The zero-order chi connectivity index (χ0) is 9.10. The van der Waals surface area contributed by atoms with Crippen LogP contribution >= 0.6 is 0 Å². The van der Waals surface area contributed by atoms with E-state index in [9.17, 15) is 0 Å². The molecule has 70 valence electrons. The summed E-state index contributed by atoms with van der Waals surface area (Å²) in [5, 5.41) is 0. The smallest absolute Gasteiger partial charge is 0.0840 e. The highest BCUT2D eigenvalue weighted by Crippen LogP contribution is 2.26. The summed E-state index contributed by atoms with van der Waals surface area (Å²) in [6, 6.07) is 4.26. The SMILES string of the molecule is N[C@@H]1CCO[C@@H](c2ccncc2)C1. The maximum absolute atomic E-state index is 5.87. The molecule has 2 rings (SSSR count). The number of nitrogens with two attached hydrogens (primary N) is 1. The van der Waals surface area contributed by atoms with Gasteiger partial charge in [-0.05, 0) is 30.5 Å². The molecule has 0 radical (unpaired) electrons. The third-order valence-corrected chi connectivity index (χ3v) is 2.40. The molecule has 3 heteroatoms. The maximum Gasteiger partial charge on any atom is 0.0840 e. The molecule has 0 spiro atoms. The molecule has 0 saturated carbocycles. The highest BCUT2D eigenvalue weighted by molar-refractivity contribution is 5.14. The lowest BCUT2D eigenvalue weighted by atomic mass is 9.99. The Labute approximate surface area is 77.9 Å². The molecule has 2 heterocycles. The van der Waals surface area contributed by atoms with E-state index in [0.717, 1.165) is 19.4 Å². The van der Waals surface area contributed by atoms with Crippen LogP contribution in [0.15, 0.2) is 24.5 Å². The second-order valence-electron chi connectivity index (χ2n) is 3.42. The second kappa shape index (κ2) is 3.85. The normalized spacial score (nSPS) is 28.7. The van der Waals surface area contributed by atoms with E-state index < -0.39 is 0 Å². The van der Waals surface area contributed by atoms with E-state index in [0.29, 0.717) is 0 Å². The van der Waals surface area contributed by atoms with E-state index in [2.05, 4.69) is 4.98 Å². The van der Waals surface area contributed by atoms with Crippen molar-refractivity contribution >= 4 is 0 Å². The quantitative estimate of drug-likeness (QED) is 0.704. The zero-order valence-electron chi connectivity index (χ0n) is 7.52. The first-order valence-corrected chi connectivity index (χ1v) is 4.63. The Kier molecular flexibility index (Phi) is 2.57. The van der Waals surface area contributed by atoms with Crippen molar-refractivity contribution < 1.29 is 4.74 Å². The summed E-state index contributed by atoms with van der Waals surface area (Å²) in [5.74, 6) is 0. The van der Waals surface area contributed by atoms with Gasteiger partial charge in [-0.3, -0.25) is 4.98 Å². The van der Waals surface area contributed by atoms with Crippen molar-refractivity contribution in [3.63, 3.8) is 0 Å². The molecule has 0 aliphatic carbocycles. The fourth-order valence-corrected chi connectivity index (χ4v) is 1.63. The highest BCUT2D eigenvalue weighted by atomic mass is 16.5. The molecule has 2 N–H and O–H groups in total. The first-order chi connectivity index (χ1) is 6.36. The maximum atomic E-state index is 5.87. The van der Waals surface area contributed by atoms with Crippen LogP contribution in [0, 0.1) is 0 Å². The predicted octanol–water partition coefficient (Wildman–Crippen LogP) is 1.26. The van der Waals surface area contributed by atoms with Gasteiger partial charge in [-0.25, -0.2) is 0 Å². The van der Waals surface area contributed by atoms with Gasteiger partial charge in [-0.15, -0.1) is 0 Å². The van der Waals surface area contributed by atoms with Crippen molar-refractivity contribution in [1.29, 1.82) is 0 Å². The first-order valence-electron chi connectivity index (χ1n) is 4.63. The molecule has 0 bridgehead atoms. The van der Waals surface area contributed by atoms with Gasteiger partial charge in [-0.1, -0.05) is 0 Å². The van der Waals surface area contributed by atoms with E-state index in [-0.39, 0.29) is 12.1 Å². The Morgan fingerprint density at radius 1 is 1.38 bits per heavy atom. The van der Waals surface area contributed by atoms with E-state index >= 15 is 0 Å². The van der Waals surface area contributed by atoms with Crippen molar-refractivity contribution in [2.45, 2.75) is 25.0 Å². The summed E-state index contributed by atoms with van der Waals surface area (Å²) >= 11 is 0. The minimum atomic E-state index is 0.173. The van der Waals surface area contributed by atoms with Crippen molar-refractivity contribution in [1.82, 2.24) is 4.98 Å². The van der Waals surface area contributed by atoms with E-state index in [4.69, 9.17) is 10.5 Å². The Morgan fingerprint density at radius 3 is 2.85 bits per heavy atom. The number of hydrogen-bond donors (Lipinski definition) is 1. The Balaban J connectivity index is 2.08. The predicted molar refractivity (Wildman–Crippen MR) is 50.1 cm³/mol. The summed E-state index contributed by atoms with van der Waals surface area (Å²) < 4.78 is 5.63. The summed E-state index contributed by atoms with van der Waals surface area (Å²) in [4.78, 5) is 3.97. The highest BCUT2D eigenvalue weighted by Gasteiger charge is 2.20. The lowest BCUT2D eigenvalue weighted by molar-refractivity contribution is 0.00663. The molecule has 1 fully saturated rings. The molecule has 1 aromatic rings. The fraction of sp³-hybridized carbons (Fsp3) is 0.500. The van der Waals surface area contributed by atoms with Gasteiger partial charge in [-0.2, -0.15) is 0 Å². The number of pyridine rings is 1. The summed E-state index contributed by atoms with van der Waals surface area (Å²) in [6.45, 7) is 0.772. The average Bonchev–Trinajstić information content (AvgIpc) is 2.19. The van der Waals surface area contributed by atoms with Crippen LogP contribution in [-0.2, 0) is 4.74 Å². The largest absolute Gasteiger partial charge is 0.373 e. The van der Waals surface area contributed by atoms with Crippen molar-refractivity contribution in [2.24, 2.45) is 5.73 Å². The van der Waals surface area contributed by atoms with Crippen molar-refractivity contribution in [3.05, 3.63) is 30.1 Å². The minimum absolute atomic E-state index is 0.173. The standard InChI is InChI=1S/C10H14N2O/c11-9-3-6-13-10(7-9)8-1-4-12-5-2-8/h1-2,4-5,9-10H,3,6-7,11H2/t9-,10-/m1/s1. The van der Waals surface area contributed by atoms with Gasteiger partial charge in [0, 0.05) is 25.0 Å². The lowest BCUT2D eigenvalue weighted by Crippen LogP contribution is -2.30. The van der Waals surface area contributed by atoms with Crippen molar-refractivity contribution in [2.75, 3.05) is 6.61 Å². The van der Waals surface area contributed by atoms with Crippen LogP contribution in [0.4, 0.5) is 0 Å². The number of aromatic nitrogens is 1. The second-order valence-corrected chi connectivity index (χ2v) is 3.42. The van der Waals surface area contributed by atoms with Gasteiger partial charge < -0.3 is 10.5 Å². The molecule has 13 heavy (non-hydrogen) atoms. The van der Waals surface area contributed by atoms with Gasteiger partial charge in [0.05, 0.1) is 6.10 Å². The molecule has 2 atom stereocenters. The molecule has 0 unspecified atom stereocenters. The number of ether oxygens (including phenoxy) is 1. The molecule has 0 aromatic carbocycles. The summed E-state index contributed by atoms with van der Waals surface area (Å²) in [5.41, 5.74) is 7.05. The fourth-order valence-electron chi connectivity index (χ4n) is 1.63. The lowest BCUT2D eigenvalue weighted by Gasteiger charge is -2.27. The number of hydrogen-bond acceptors (Lipinski definition) is 3. The number of nitrogens with zero attached hydrogens (tertiary/aromatic N) is 1. The third-order valence-electron chi connectivity index (χ3n) is 2.40. The summed E-state index contributed by atoms with van der Waals surface area (Å²) in [6.07, 6.45) is 5.65. The van der Waals surface area contributed by atoms with E-state index in [1.807, 2.05) is 12.1 Å². The van der Waals surface area contributed by atoms with Crippen LogP contribution < -0.4 is 5.73 Å². The van der Waals surface area contributed by atoms with Gasteiger partial charge in [0.15, 0.2) is 0 Å². The molecule has 1 aliphatic rings. The molecule has 1 saturated heterocycles. The topological polar surface area (TPSA) is 48.1 Å². The number of rotatable bonds is 1. The Hall–Kier alpha value is -0.930. The molecule has 3 nitrogen and oxygen atoms in total. The Bertz CT molecular complexity index is 263. The van der Waals surface area contributed by atoms with Gasteiger partial charge in [0.2, 0.25) is 0 Å². The minimum Gasteiger partial charge on any atom is -0.373 e. The molecular formula is C10H14N2O. The van der Waals surface area contributed by atoms with Crippen LogP contribution in [0.5, 0.6) is 0 Å².